The summed E-state index contributed by atoms with van der Waals surface area (Å²) in [4.78, 5) is 11.9. The summed E-state index contributed by atoms with van der Waals surface area (Å²) in [6.45, 7) is 3.59. The molecule has 108 valence electrons. The maximum atomic E-state index is 11.9. The lowest BCUT2D eigenvalue weighted by atomic mass is 9.98. The van der Waals surface area contributed by atoms with Gasteiger partial charge in [0.1, 0.15) is 11.9 Å². The number of carbonyl (C=O) groups excluding carboxylic acids is 1. The number of carbonyl (C=O) groups is 1. The molecule has 0 heterocycles. The molecule has 1 saturated carbocycles. The van der Waals surface area contributed by atoms with E-state index >= 15 is 0 Å². The van der Waals surface area contributed by atoms with Crippen LogP contribution in [0, 0.1) is 0 Å². The summed E-state index contributed by atoms with van der Waals surface area (Å²) in [6, 6.07) is 4.75. The molecule has 0 bridgehead atoms. The van der Waals surface area contributed by atoms with Gasteiger partial charge in [-0.1, -0.05) is 29.6 Å². The van der Waals surface area contributed by atoms with Crippen molar-refractivity contribution >= 4 is 29.2 Å². The van der Waals surface area contributed by atoms with Crippen LogP contribution in [0.4, 0.5) is 0 Å². The minimum absolute atomic E-state index is 0.0303. The Morgan fingerprint density at radius 2 is 1.90 bits per heavy atom. The molecule has 1 aliphatic carbocycles. The molecule has 1 fully saturated rings. The molecular formula is C15H16Cl2O3. The van der Waals surface area contributed by atoms with Crippen LogP contribution >= 0.6 is 23.2 Å². The average Bonchev–Trinajstić information content (AvgIpc) is 2.43. The number of hydrogen-bond acceptors (Lipinski definition) is 3. The molecule has 0 aromatic heterocycles. The number of hydrogen-bond donors (Lipinski definition) is 0. The highest BCUT2D eigenvalue weighted by Gasteiger charge is 2.21. The Labute approximate surface area is 128 Å². The fourth-order valence-electron chi connectivity index (χ4n) is 2.13. The van der Waals surface area contributed by atoms with E-state index in [4.69, 9.17) is 32.7 Å². The molecule has 3 nitrogen and oxygen atoms in total. The second kappa shape index (κ2) is 7.00. The number of halogens is 2. The van der Waals surface area contributed by atoms with Crippen molar-refractivity contribution in [2.24, 2.45) is 0 Å². The van der Waals surface area contributed by atoms with Crippen LogP contribution in [-0.4, -0.2) is 12.1 Å². The first-order valence-electron chi connectivity index (χ1n) is 6.59. The molecule has 1 aromatic carbocycles. The summed E-state index contributed by atoms with van der Waals surface area (Å²) >= 11 is 11.8. The molecule has 1 aliphatic rings. The minimum atomic E-state index is -0.539. The summed E-state index contributed by atoms with van der Waals surface area (Å²) in [5.41, 5.74) is 0. The Morgan fingerprint density at radius 1 is 1.20 bits per heavy atom. The molecule has 0 saturated heterocycles. The molecule has 0 unspecified atom stereocenters. The summed E-state index contributed by atoms with van der Waals surface area (Å²) < 4.78 is 10.7. The molecule has 0 spiro atoms. The third kappa shape index (κ3) is 4.15. The fraction of sp³-hybridized carbons (Fsp3) is 0.400. The molecule has 20 heavy (non-hydrogen) atoms. The van der Waals surface area contributed by atoms with Gasteiger partial charge in [-0.3, -0.25) is 0 Å². The van der Waals surface area contributed by atoms with E-state index in [0.29, 0.717) is 15.8 Å². The van der Waals surface area contributed by atoms with E-state index in [1.807, 2.05) is 0 Å². The van der Waals surface area contributed by atoms with E-state index in [1.54, 1.807) is 12.1 Å². The predicted molar refractivity (Wildman–Crippen MR) is 79.2 cm³/mol. The van der Waals surface area contributed by atoms with Crippen LogP contribution in [0.5, 0.6) is 5.75 Å². The lowest BCUT2D eigenvalue weighted by molar-refractivity contribution is -0.148. The van der Waals surface area contributed by atoms with Gasteiger partial charge in [-0.25, -0.2) is 4.79 Å². The topological polar surface area (TPSA) is 35.5 Å². The van der Waals surface area contributed by atoms with Gasteiger partial charge in [-0.15, -0.1) is 0 Å². The molecule has 0 amide bonds. The second-order valence-electron chi connectivity index (χ2n) is 4.77. The van der Waals surface area contributed by atoms with E-state index in [0.717, 1.165) is 25.7 Å². The highest BCUT2D eigenvalue weighted by Crippen LogP contribution is 2.29. The normalized spacial score (nSPS) is 15.7. The van der Waals surface area contributed by atoms with E-state index in [2.05, 4.69) is 6.58 Å². The van der Waals surface area contributed by atoms with Crippen LogP contribution in [0.1, 0.15) is 32.1 Å². The van der Waals surface area contributed by atoms with Gasteiger partial charge < -0.3 is 9.47 Å². The maximum Gasteiger partial charge on any atom is 0.373 e. The number of esters is 1. The van der Waals surface area contributed by atoms with Crippen LogP contribution in [0.2, 0.25) is 10.0 Å². The van der Waals surface area contributed by atoms with Crippen molar-refractivity contribution in [1.82, 2.24) is 0 Å². The van der Waals surface area contributed by atoms with Crippen LogP contribution in [0.3, 0.4) is 0 Å². The van der Waals surface area contributed by atoms with Gasteiger partial charge in [0.15, 0.2) is 0 Å². The Morgan fingerprint density at radius 3 is 2.55 bits per heavy atom. The van der Waals surface area contributed by atoms with Gasteiger partial charge in [0.05, 0.1) is 5.02 Å². The van der Waals surface area contributed by atoms with Crippen molar-refractivity contribution < 1.29 is 14.3 Å². The van der Waals surface area contributed by atoms with Crippen molar-refractivity contribution in [2.75, 3.05) is 0 Å². The van der Waals surface area contributed by atoms with Gasteiger partial charge in [-0.05, 0) is 50.5 Å². The maximum absolute atomic E-state index is 11.9. The number of rotatable bonds is 4. The SMILES string of the molecule is C=C(Oc1ccc(Cl)cc1Cl)C(=O)OC1CCCCC1. The smallest absolute Gasteiger partial charge is 0.373 e. The molecule has 0 aliphatic heterocycles. The Bertz CT molecular complexity index is 508. The van der Waals surface area contributed by atoms with Crippen LogP contribution in [0.15, 0.2) is 30.5 Å². The molecule has 0 N–H and O–H groups in total. The first-order valence-corrected chi connectivity index (χ1v) is 7.34. The molecule has 1 aromatic rings. The molecule has 0 atom stereocenters. The van der Waals surface area contributed by atoms with Crippen molar-refractivity contribution in [1.29, 1.82) is 0 Å². The van der Waals surface area contributed by atoms with Crippen molar-refractivity contribution in [2.45, 2.75) is 38.2 Å². The zero-order valence-electron chi connectivity index (χ0n) is 11.0. The fourth-order valence-corrected chi connectivity index (χ4v) is 2.58. The van der Waals surface area contributed by atoms with E-state index in [1.165, 1.54) is 12.5 Å². The first-order chi connectivity index (χ1) is 9.56. The van der Waals surface area contributed by atoms with Crippen molar-refractivity contribution in [3.63, 3.8) is 0 Å². The van der Waals surface area contributed by atoms with Crippen molar-refractivity contribution in [3.8, 4) is 5.75 Å². The van der Waals surface area contributed by atoms with Gasteiger partial charge in [0, 0.05) is 5.02 Å². The molecular weight excluding hydrogens is 299 g/mol. The summed E-state index contributed by atoms with van der Waals surface area (Å²) in [7, 11) is 0. The lowest BCUT2D eigenvalue weighted by Gasteiger charge is -2.22. The van der Waals surface area contributed by atoms with Crippen LogP contribution < -0.4 is 4.74 Å². The monoisotopic (exact) mass is 314 g/mol. The molecule has 5 heteroatoms. The van der Waals surface area contributed by atoms with E-state index in [9.17, 15) is 4.79 Å². The largest absolute Gasteiger partial charge is 0.457 e. The quantitative estimate of drug-likeness (QED) is 0.456. The Kier molecular flexibility index (Phi) is 5.32. The Hall–Kier alpha value is -1.19. The van der Waals surface area contributed by atoms with E-state index < -0.39 is 5.97 Å². The average molecular weight is 315 g/mol. The van der Waals surface area contributed by atoms with Crippen molar-refractivity contribution in [3.05, 3.63) is 40.6 Å². The highest BCUT2D eigenvalue weighted by molar-refractivity contribution is 6.35. The summed E-state index contributed by atoms with van der Waals surface area (Å²) in [6.07, 6.45) is 5.16. The predicted octanol–water partition coefficient (Wildman–Crippen LogP) is 4.76. The molecule has 2 rings (SSSR count). The standard InChI is InChI=1S/C15H16Cl2O3/c1-10(15(18)20-12-5-3-2-4-6-12)19-14-8-7-11(16)9-13(14)17/h7-9,12H,1-6H2. The van der Waals surface area contributed by atoms with Crippen LogP contribution in [0.25, 0.3) is 0 Å². The Balaban J connectivity index is 1.91. The van der Waals surface area contributed by atoms with Gasteiger partial charge >= 0.3 is 5.97 Å². The minimum Gasteiger partial charge on any atom is -0.457 e. The molecule has 0 radical (unpaired) electrons. The van der Waals surface area contributed by atoms with Crippen LogP contribution in [-0.2, 0) is 9.53 Å². The first kappa shape index (κ1) is 15.2. The van der Waals surface area contributed by atoms with Gasteiger partial charge in [-0.2, -0.15) is 0 Å². The second-order valence-corrected chi connectivity index (χ2v) is 5.61. The zero-order chi connectivity index (χ0) is 14.5. The third-order valence-corrected chi connectivity index (χ3v) is 3.71. The number of ether oxygens (including phenoxy) is 2. The van der Waals surface area contributed by atoms with Gasteiger partial charge in [0.2, 0.25) is 5.76 Å². The van der Waals surface area contributed by atoms with Gasteiger partial charge in [0.25, 0.3) is 0 Å². The van der Waals surface area contributed by atoms with E-state index in [-0.39, 0.29) is 11.9 Å². The number of benzene rings is 1. The summed E-state index contributed by atoms with van der Waals surface area (Å²) in [5, 5.41) is 0.821. The lowest BCUT2D eigenvalue weighted by Crippen LogP contribution is -2.23. The third-order valence-electron chi connectivity index (χ3n) is 3.18. The highest BCUT2D eigenvalue weighted by atomic mass is 35.5. The summed E-state index contributed by atoms with van der Waals surface area (Å²) in [5.74, 6) is -0.274. The zero-order valence-corrected chi connectivity index (χ0v) is 12.5.